The Bertz CT molecular complexity index is 1270. The fourth-order valence-corrected chi connectivity index (χ4v) is 4.25. The minimum Gasteiger partial charge on any atom is -0.496 e. The van der Waals surface area contributed by atoms with E-state index in [0.717, 1.165) is 0 Å². The van der Waals surface area contributed by atoms with Gasteiger partial charge in [-0.1, -0.05) is 18.2 Å². The normalized spacial score (nSPS) is 15.0. The molecule has 198 valence electrons. The van der Waals surface area contributed by atoms with Gasteiger partial charge in [-0.3, -0.25) is 4.79 Å². The molecule has 9 nitrogen and oxygen atoms in total. The number of rotatable bonds is 9. The molecule has 0 unspecified atom stereocenters. The number of benzene rings is 2. The van der Waals surface area contributed by atoms with Gasteiger partial charge < -0.3 is 29.5 Å². The molecule has 0 aliphatic carbocycles. The Morgan fingerprint density at radius 3 is 2.65 bits per heavy atom. The Morgan fingerprint density at radius 1 is 1.22 bits per heavy atom. The van der Waals surface area contributed by atoms with E-state index in [1.54, 1.807) is 29.2 Å². The number of carbonyl (C=O) groups excluding carboxylic acids is 1. The van der Waals surface area contributed by atoms with Crippen molar-refractivity contribution in [1.29, 1.82) is 0 Å². The summed E-state index contributed by atoms with van der Waals surface area (Å²) in [5.74, 6) is -2.48. The number of nitrogens with zero attached hydrogens (tertiary/aromatic N) is 3. The Morgan fingerprint density at radius 2 is 1.97 bits per heavy atom. The zero-order valence-electron chi connectivity index (χ0n) is 21.0. The summed E-state index contributed by atoms with van der Waals surface area (Å²) in [7, 11) is 2.70. The second-order valence-corrected chi connectivity index (χ2v) is 8.75. The third-order valence-corrected chi connectivity index (χ3v) is 6.22. The second kappa shape index (κ2) is 11.3. The van der Waals surface area contributed by atoms with Crippen LogP contribution in [0.3, 0.4) is 0 Å². The lowest BCUT2D eigenvalue weighted by Crippen LogP contribution is -2.40. The lowest BCUT2D eigenvalue weighted by molar-refractivity contribution is -0.0698. The van der Waals surface area contributed by atoms with Crippen LogP contribution >= 0.6 is 0 Å². The predicted molar refractivity (Wildman–Crippen MR) is 133 cm³/mol. The van der Waals surface area contributed by atoms with E-state index < -0.39 is 25.2 Å². The minimum absolute atomic E-state index is 0.160. The van der Waals surface area contributed by atoms with Crippen LogP contribution in [0.15, 0.2) is 36.4 Å². The fourth-order valence-electron chi connectivity index (χ4n) is 4.25. The maximum absolute atomic E-state index is 14.4. The highest BCUT2D eigenvalue weighted by atomic mass is 19.3. The highest BCUT2D eigenvalue weighted by Crippen LogP contribution is 2.33. The van der Waals surface area contributed by atoms with Crippen LogP contribution in [-0.2, 0) is 22.0 Å². The number of hydrogen-bond donors (Lipinski definition) is 2. The van der Waals surface area contributed by atoms with Crippen LogP contribution in [0.2, 0.25) is 0 Å². The number of methoxy groups -OCH3 is 2. The summed E-state index contributed by atoms with van der Waals surface area (Å²) >= 11 is 0. The predicted octanol–water partition coefficient (Wildman–Crippen LogP) is 3.51. The molecule has 11 heteroatoms. The van der Waals surface area contributed by atoms with E-state index in [4.69, 9.17) is 9.47 Å². The molecule has 1 aliphatic rings. The molecule has 0 saturated carbocycles. The molecular formula is C26H30F2N4O5. The van der Waals surface area contributed by atoms with E-state index in [0.29, 0.717) is 59.9 Å². The number of hydrogen-bond acceptors (Lipinski definition) is 8. The number of nitrogens with one attached hydrogen (secondary N) is 1. The van der Waals surface area contributed by atoms with E-state index in [1.165, 1.54) is 26.4 Å². The summed E-state index contributed by atoms with van der Waals surface area (Å²) in [6.45, 7) is 2.52. The van der Waals surface area contributed by atoms with Gasteiger partial charge in [0.25, 0.3) is 11.8 Å². The number of aliphatic hydroxyl groups excluding tert-OH is 1. The van der Waals surface area contributed by atoms with Crippen molar-refractivity contribution < 1.29 is 32.9 Å². The molecule has 0 radical (unpaired) electrons. The number of morpholine rings is 1. The molecule has 1 amide bonds. The molecule has 3 aromatic rings. The van der Waals surface area contributed by atoms with Crippen LogP contribution < -0.4 is 10.1 Å². The molecule has 0 spiro atoms. The monoisotopic (exact) mass is 516 g/mol. The SMILES string of the molecule is COCC(F)(F)c1cccc([C@@H](C)Nc2nc(CO)nc3cc(OC)c(C(=O)N4CCOCC4)cc23)c1. The second-order valence-electron chi connectivity index (χ2n) is 8.75. The van der Waals surface area contributed by atoms with E-state index in [9.17, 15) is 18.7 Å². The summed E-state index contributed by atoms with van der Waals surface area (Å²) in [5.41, 5.74) is 1.25. The average molecular weight is 517 g/mol. The fraction of sp³-hybridized carbons (Fsp3) is 0.423. The van der Waals surface area contributed by atoms with E-state index >= 15 is 0 Å². The molecule has 1 saturated heterocycles. The van der Waals surface area contributed by atoms with Crippen molar-refractivity contribution in [3.05, 3.63) is 58.9 Å². The van der Waals surface area contributed by atoms with Gasteiger partial charge >= 0.3 is 0 Å². The average Bonchev–Trinajstić information content (AvgIpc) is 2.92. The third-order valence-electron chi connectivity index (χ3n) is 6.22. The van der Waals surface area contributed by atoms with Crippen molar-refractivity contribution in [2.75, 3.05) is 52.4 Å². The van der Waals surface area contributed by atoms with Gasteiger partial charge in [0.15, 0.2) is 5.82 Å². The maximum Gasteiger partial charge on any atom is 0.296 e. The largest absolute Gasteiger partial charge is 0.496 e. The van der Waals surface area contributed by atoms with Gasteiger partial charge in [0.05, 0.1) is 31.4 Å². The van der Waals surface area contributed by atoms with Crippen molar-refractivity contribution in [2.45, 2.75) is 25.5 Å². The number of anilines is 1. The molecule has 37 heavy (non-hydrogen) atoms. The summed E-state index contributed by atoms with van der Waals surface area (Å²) in [4.78, 5) is 23.8. The Labute approximate surface area is 213 Å². The first-order valence-corrected chi connectivity index (χ1v) is 11.9. The molecule has 1 fully saturated rings. The van der Waals surface area contributed by atoms with Crippen LogP contribution in [0.25, 0.3) is 10.9 Å². The number of carbonyl (C=O) groups is 1. The number of halogens is 2. The molecule has 1 aliphatic heterocycles. The molecule has 4 rings (SSSR count). The lowest BCUT2D eigenvalue weighted by Gasteiger charge is -2.27. The molecule has 0 bridgehead atoms. The Balaban J connectivity index is 1.73. The maximum atomic E-state index is 14.4. The van der Waals surface area contributed by atoms with Crippen molar-refractivity contribution in [3.63, 3.8) is 0 Å². The minimum atomic E-state index is -3.14. The van der Waals surface area contributed by atoms with Crippen molar-refractivity contribution in [1.82, 2.24) is 14.9 Å². The quantitative estimate of drug-likeness (QED) is 0.445. The molecule has 2 N–H and O–H groups in total. The smallest absolute Gasteiger partial charge is 0.296 e. The number of alkyl halides is 2. The molecular weight excluding hydrogens is 486 g/mol. The van der Waals surface area contributed by atoms with Gasteiger partial charge in [-0.15, -0.1) is 0 Å². The first kappa shape index (κ1) is 26.6. The van der Waals surface area contributed by atoms with Gasteiger partial charge in [0, 0.05) is 43.3 Å². The van der Waals surface area contributed by atoms with Gasteiger partial charge in [-0.25, -0.2) is 9.97 Å². The van der Waals surface area contributed by atoms with Gasteiger partial charge in [0.2, 0.25) is 0 Å². The number of aliphatic hydroxyl groups is 1. The van der Waals surface area contributed by atoms with Crippen LogP contribution in [0, 0.1) is 0 Å². The van der Waals surface area contributed by atoms with Crippen LogP contribution in [-0.4, -0.2) is 73.0 Å². The Kier molecular flexibility index (Phi) is 8.16. The van der Waals surface area contributed by atoms with Crippen LogP contribution in [0.5, 0.6) is 5.75 Å². The van der Waals surface area contributed by atoms with E-state index in [2.05, 4.69) is 20.0 Å². The van der Waals surface area contributed by atoms with Crippen molar-refractivity contribution in [3.8, 4) is 5.75 Å². The highest BCUT2D eigenvalue weighted by Gasteiger charge is 2.32. The summed E-state index contributed by atoms with van der Waals surface area (Å²) in [5, 5.41) is 13.5. The number of aromatic nitrogens is 2. The zero-order chi connectivity index (χ0) is 26.6. The van der Waals surface area contributed by atoms with Crippen LogP contribution in [0.4, 0.5) is 14.6 Å². The topological polar surface area (TPSA) is 106 Å². The van der Waals surface area contributed by atoms with E-state index in [-0.39, 0.29) is 17.3 Å². The summed E-state index contributed by atoms with van der Waals surface area (Å²) < 4.78 is 44.4. The lowest BCUT2D eigenvalue weighted by atomic mass is 10.0. The number of ether oxygens (including phenoxy) is 3. The number of amides is 1. The standard InChI is InChI=1S/C26H30F2N4O5/c1-16(17-5-4-6-18(11-17)26(27,28)15-35-2)29-24-19-12-20(25(34)32-7-9-37-10-8-32)22(36-3)13-21(19)30-23(14-33)31-24/h4-6,11-13,16,33H,7-10,14-15H2,1-3H3,(H,29,30,31)/t16-/m1/s1. The molecule has 1 aromatic heterocycles. The molecule has 2 aromatic carbocycles. The van der Waals surface area contributed by atoms with Crippen LogP contribution in [0.1, 0.15) is 40.3 Å². The zero-order valence-corrected chi connectivity index (χ0v) is 21.0. The summed E-state index contributed by atoms with van der Waals surface area (Å²) in [6, 6.07) is 8.92. The molecule has 1 atom stereocenters. The van der Waals surface area contributed by atoms with Crippen molar-refractivity contribution in [2.24, 2.45) is 0 Å². The summed E-state index contributed by atoms with van der Waals surface area (Å²) in [6.07, 6.45) is 0. The first-order chi connectivity index (χ1) is 17.8. The Hall–Kier alpha value is -3.41. The molecule has 2 heterocycles. The van der Waals surface area contributed by atoms with Gasteiger partial charge in [-0.05, 0) is 24.6 Å². The van der Waals surface area contributed by atoms with E-state index in [1.807, 2.05) is 6.92 Å². The van der Waals surface area contributed by atoms with Crippen molar-refractivity contribution >= 4 is 22.6 Å². The van der Waals surface area contributed by atoms with Gasteiger partial charge in [-0.2, -0.15) is 8.78 Å². The third kappa shape index (κ3) is 5.79. The number of fused-ring (bicyclic) bond motifs is 1. The first-order valence-electron chi connectivity index (χ1n) is 11.9. The van der Waals surface area contributed by atoms with Gasteiger partial charge in [0.1, 0.15) is 24.8 Å². The highest BCUT2D eigenvalue weighted by molar-refractivity contribution is 6.03.